The number of aliphatic hydroxyl groups is 1. The van der Waals surface area contributed by atoms with Crippen molar-refractivity contribution in [2.24, 2.45) is 0 Å². The molecule has 1 unspecified atom stereocenters. The van der Waals surface area contributed by atoms with Crippen molar-refractivity contribution in [1.82, 2.24) is 9.78 Å². The van der Waals surface area contributed by atoms with Gasteiger partial charge in [0.25, 0.3) is 0 Å². The van der Waals surface area contributed by atoms with Crippen LogP contribution in [0.5, 0.6) is 0 Å². The summed E-state index contributed by atoms with van der Waals surface area (Å²) < 4.78 is 40.6. The van der Waals surface area contributed by atoms with Gasteiger partial charge in [-0.25, -0.2) is 9.48 Å². The minimum Gasteiger partial charge on any atom is -0.478 e. The summed E-state index contributed by atoms with van der Waals surface area (Å²) >= 11 is 0. The maximum Gasteiger partial charge on any atom is 0.435 e. The maximum atomic E-state index is 13.2. The Morgan fingerprint density at radius 2 is 2.00 bits per heavy atom. The van der Waals surface area contributed by atoms with Crippen LogP contribution in [0.2, 0.25) is 0 Å². The second-order valence-corrected chi connectivity index (χ2v) is 5.35. The molecule has 2 N–H and O–H groups in total. The summed E-state index contributed by atoms with van der Waals surface area (Å²) in [6, 6.07) is 5.65. The molecule has 0 aliphatic heterocycles. The van der Waals surface area contributed by atoms with Crippen LogP contribution in [0.1, 0.15) is 46.3 Å². The minimum atomic E-state index is -4.66. The monoisotopic (exact) mass is 326 g/mol. The van der Waals surface area contributed by atoms with E-state index < -0.39 is 23.9 Å². The smallest absolute Gasteiger partial charge is 0.435 e. The van der Waals surface area contributed by atoms with Crippen molar-refractivity contribution in [3.05, 3.63) is 46.8 Å². The highest BCUT2D eigenvalue weighted by atomic mass is 19.4. The van der Waals surface area contributed by atoms with E-state index in [0.717, 1.165) is 4.68 Å². The van der Waals surface area contributed by atoms with Gasteiger partial charge in [0.15, 0.2) is 5.69 Å². The molecule has 0 bridgehead atoms. The molecule has 0 saturated heterocycles. The third-order valence-corrected chi connectivity index (χ3v) is 3.87. The summed E-state index contributed by atoms with van der Waals surface area (Å²) in [5.74, 6) is -1.27. The van der Waals surface area contributed by atoms with Gasteiger partial charge in [0.1, 0.15) is 0 Å². The molecule has 2 aromatic rings. The third kappa shape index (κ3) is 2.59. The predicted octanol–water partition coefficient (Wildman–Crippen LogP) is 2.96. The molecule has 122 valence electrons. The van der Waals surface area contributed by atoms with Crippen molar-refractivity contribution in [1.29, 1.82) is 0 Å². The molecule has 5 nitrogen and oxygen atoms in total. The molecule has 1 atom stereocenters. The number of fused-ring (bicyclic) bond motifs is 1. The molecule has 1 aromatic heterocycles. The molecule has 0 radical (unpaired) electrons. The van der Waals surface area contributed by atoms with E-state index in [-0.39, 0.29) is 28.9 Å². The topological polar surface area (TPSA) is 75.3 Å². The van der Waals surface area contributed by atoms with E-state index in [1.54, 1.807) is 0 Å². The molecule has 0 saturated carbocycles. The van der Waals surface area contributed by atoms with Crippen LogP contribution >= 0.6 is 0 Å². The number of alkyl halides is 3. The minimum absolute atomic E-state index is 0.00713. The summed E-state index contributed by atoms with van der Waals surface area (Å²) in [6.45, 7) is 0. The van der Waals surface area contributed by atoms with Crippen molar-refractivity contribution in [2.75, 3.05) is 0 Å². The predicted molar refractivity (Wildman–Crippen MR) is 73.4 cm³/mol. The molecule has 1 aliphatic carbocycles. The van der Waals surface area contributed by atoms with E-state index in [4.69, 9.17) is 0 Å². The van der Waals surface area contributed by atoms with Crippen molar-refractivity contribution in [3.8, 4) is 5.69 Å². The average Bonchev–Trinajstić information content (AvgIpc) is 2.88. The molecule has 23 heavy (non-hydrogen) atoms. The van der Waals surface area contributed by atoms with Gasteiger partial charge in [0, 0.05) is 5.56 Å². The average molecular weight is 326 g/mol. The fourth-order valence-corrected chi connectivity index (χ4v) is 2.91. The van der Waals surface area contributed by atoms with E-state index in [1.165, 1.54) is 24.3 Å². The standard InChI is InChI=1S/C15H13F3N2O3/c16-15(17,18)13-9-5-3-7-11(21)12(9)20(19-13)10-6-2-1-4-8(10)14(22)23/h1-2,4,6,11,21H,3,5,7H2,(H,22,23). The Balaban J connectivity index is 2.29. The Morgan fingerprint density at radius 3 is 2.65 bits per heavy atom. The molecule has 0 amide bonds. The fourth-order valence-electron chi connectivity index (χ4n) is 2.91. The number of benzene rings is 1. The molecule has 1 heterocycles. The quantitative estimate of drug-likeness (QED) is 0.890. The van der Waals surface area contributed by atoms with Crippen LogP contribution in [0.25, 0.3) is 5.69 Å². The van der Waals surface area contributed by atoms with Crippen molar-refractivity contribution >= 4 is 5.97 Å². The number of hydrogen-bond donors (Lipinski definition) is 2. The summed E-state index contributed by atoms with van der Waals surface area (Å²) in [4.78, 5) is 11.3. The molecule has 1 aromatic carbocycles. The second kappa shape index (κ2) is 5.38. The van der Waals surface area contributed by atoms with Gasteiger partial charge in [-0.2, -0.15) is 18.3 Å². The highest BCUT2D eigenvalue weighted by Crippen LogP contribution is 2.40. The molecule has 8 heteroatoms. The fraction of sp³-hybridized carbons (Fsp3) is 0.333. The summed E-state index contributed by atoms with van der Waals surface area (Å²) in [5, 5.41) is 23.0. The van der Waals surface area contributed by atoms with Crippen LogP contribution in [-0.2, 0) is 12.6 Å². The van der Waals surface area contributed by atoms with E-state index >= 15 is 0 Å². The first-order chi connectivity index (χ1) is 10.8. The lowest BCUT2D eigenvalue weighted by Crippen LogP contribution is -2.16. The lowest BCUT2D eigenvalue weighted by molar-refractivity contribution is -0.142. The molecule has 0 fully saturated rings. The lowest BCUT2D eigenvalue weighted by atomic mass is 9.93. The molecular weight excluding hydrogens is 313 g/mol. The van der Waals surface area contributed by atoms with E-state index in [9.17, 15) is 28.2 Å². The van der Waals surface area contributed by atoms with E-state index in [2.05, 4.69) is 5.10 Å². The Bertz CT molecular complexity index is 768. The second-order valence-electron chi connectivity index (χ2n) is 5.35. The first-order valence-corrected chi connectivity index (χ1v) is 7.00. The first kappa shape index (κ1) is 15.5. The molecule has 0 spiro atoms. The third-order valence-electron chi connectivity index (χ3n) is 3.87. The summed E-state index contributed by atoms with van der Waals surface area (Å²) in [7, 11) is 0. The first-order valence-electron chi connectivity index (χ1n) is 7.00. The Labute approximate surface area is 129 Å². The zero-order valence-corrected chi connectivity index (χ0v) is 11.8. The van der Waals surface area contributed by atoms with Gasteiger partial charge >= 0.3 is 12.1 Å². The van der Waals surface area contributed by atoms with Gasteiger partial charge in [-0.05, 0) is 31.4 Å². The van der Waals surface area contributed by atoms with Gasteiger partial charge in [-0.3, -0.25) is 0 Å². The number of carboxylic acids is 1. The van der Waals surface area contributed by atoms with Gasteiger partial charge in [0.05, 0.1) is 23.0 Å². The Morgan fingerprint density at radius 1 is 1.30 bits per heavy atom. The number of aliphatic hydroxyl groups excluding tert-OH is 1. The normalized spacial score (nSPS) is 17.8. The Hall–Kier alpha value is -2.35. The highest BCUT2D eigenvalue weighted by Gasteiger charge is 2.41. The number of aromatic nitrogens is 2. The number of para-hydroxylation sites is 1. The van der Waals surface area contributed by atoms with Crippen LogP contribution < -0.4 is 0 Å². The zero-order chi connectivity index (χ0) is 16.8. The van der Waals surface area contributed by atoms with Crippen molar-refractivity contribution in [2.45, 2.75) is 31.5 Å². The summed E-state index contributed by atoms with van der Waals surface area (Å²) in [5.41, 5.74) is -1.27. The van der Waals surface area contributed by atoms with Crippen LogP contribution in [0, 0.1) is 0 Å². The number of halogens is 3. The van der Waals surface area contributed by atoms with E-state index in [1.807, 2.05) is 0 Å². The number of nitrogens with zero attached hydrogens (tertiary/aromatic N) is 2. The summed E-state index contributed by atoms with van der Waals surface area (Å²) in [6.07, 6.45) is -4.89. The van der Waals surface area contributed by atoms with E-state index in [0.29, 0.717) is 12.8 Å². The Kier molecular flexibility index (Phi) is 3.63. The van der Waals surface area contributed by atoms with Gasteiger partial charge in [-0.15, -0.1) is 0 Å². The SMILES string of the molecule is O=C(O)c1ccccc1-n1nc(C(F)(F)F)c2c1C(O)CCC2. The number of hydrogen-bond acceptors (Lipinski definition) is 3. The largest absolute Gasteiger partial charge is 0.478 e. The molecular formula is C15H13F3N2O3. The lowest BCUT2D eigenvalue weighted by Gasteiger charge is -2.20. The number of carboxylic acid groups (broad SMARTS) is 1. The number of rotatable bonds is 2. The maximum absolute atomic E-state index is 13.2. The van der Waals surface area contributed by atoms with Crippen LogP contribution in [0.15, 0.2) is 24.3 Å². The van der Waals surface area contributed by atoms with Gasteiger partial charge in [-0.1, -0.05) is 12.1 Å². The van der Waals surface area contributed by atoms with Crippen LogP contribution in [0.4, 0.5) is 13.2 Å². The molecule has 3 rings (SSSR count). The van der Waals surface area contributed by atoms with Crippen molar-refractivity contribution < 1.29 is 28.2 Å². The number of carbonyl (C=O) groups is 1. The van der Waals surface area contributed by atoms with Crippen molar-refractivity contribution in [3.63, 3.8) is 0 Å². The van der Waals surface area contributed by atoms with Gasteiger partial charge < -0.3 is 10.2 Å². The highest BCUT2D eigenvalue weighted by molar-refractivity contribution is 5.91. The number of aromatic carboxylic acids is 1. The van der Waals surface area contributed by atoms with Crippen LogP contribution in [0.3, 0.4) is 0 Å². The molecule has 1 aliphatic rings. The van der Waals surface area contributed by atoms with Gasteiger partial charge in [0.2, 0.25) is 0 Å². The van der Waals surface area contributed by atoms with Crippen LogP contribution in [-0.4, -0.2) is 26.0 Å². The zero-order valence-electron chi connectivity index (χ0n) is 11.8.